The van der Waals surface area contributed by atoms with Gasteiger partial charge in [0, 0.05) is 26.2 Å². The van der Waals surface area contributed by atoms with Crippen LogP contribution in [-0.2, 0) is 0 Å². The van der Waals surface area contributed by atoms with Crippen LogP contribution in [-0.4, -0.2) is 49.4 Å². The third-order valence-electron chi connectivity index (χ3n) is 3.63. The van der Waals surface area contributed by atoms with E-state index in [1.807, 2.05) is 0 Å². The molecule has 1 aliphatic heterocycles. The number of piperazine rings is 1. The molecule has 0 spiro atoms. The molecule has 100 valence electrons. The zero-order chi connectivity index (χ0) is 13.1. The molecule has 1 saturated heterocycles. The van der Waals surface area contributed by atoms with E-state index in [2.05, 4.69) is 30.7 Å². The van der Waals surface area contributed by atoms with Crippen LogP contribution in [0.2, 0.25) is 0 Å². The Hall–Kier alpha value is -0.940. The summed E-state index contributed by atoms with van der Waals surface area (Å²) in [5.41, 5.74) is 0.978. The number of thiazole rings is 1. The second-order valence-electron chi connectivity index (χ2n) is 4.96. The Morgan fingerprint density at radius 1 is 1.39 bits per heavy atom. The molecule has 5 heteroatoms. The number of carbonyl (C=O) groups excluding carboxylic acids is 1. The molecule has 1 unspecified atom stereocenters. The number of aromatic nitrogens is 1. The van der Waals surface area contributed by atoms with Gasteiger partial charge in [0.25, 0.3) is 0 Å². The summed E-state index contributed by atoms with van der Waals surface area (Å²) in [5, 5.41) is 1.01. The third kappa shape index (κ3) is 2.72. The average Bonchev–Trinajstić information content (AvgIpc) is 2.82. The minimum Gasteiger partial charge on any atom is -0.346 e. The molecule has 2 rings (SSSR count). The van der Waals surface area contributed by atoms with Gasteiger partial charge in [-0.1, -0.05) is 25.2 Å². The summed E-state index contributed by atoms with van der Waals surface area (Å²) in [5.74, 6) is 0.364. The highest BCUT2D eigenvalue weighted by Gasteiger charge is 2.21. The lowest BCUT2D eigenvalue weighted by Gasteiger charge is -2.32. The van der Waals surface area contributed by atoms with Crippen molar-refractivity contribution in [3.63, 3.8) is 0 Å². The quantitative estimate of drug-likeness (QED) is 0.784. The number of nitrogens with zero attached hydrogens (tertiary/aromatic N) is 3. The molecule has 0 amide bonds. The summed E-state index contributed by atoms with van der Waals surface area (Å²) < 4.78 is 0. The van der Waals surface area contributed by atoms with Gasteiger partial charge in [0.15, 0.2) is 11.4 Å². The van der Waals surface area contributed by atoms with Crippen molar-refractivity contribution in [2.24, 2.45) is 0 Å². The van der Waals surface area contributed by atoms with E-state index in [1.165, 1.54) is 11.3 Å². The molecule has 1 aromatic heterocycles. The molecule has 2 heterocycles. The fourth-order valence-corrected chi connectivity index (χ4v) is 3.15. The predicted octanol–water partition coefficient (Wildman–Crippen LogP) is 2.22. The molecule has 1 aromatic rings. The maximum absolute atomic E-state index is 11.1. The summed E-state index contributed by atoms with van der Waals surface area (Å²) >= 11 is 1.54. The third-order valence-corrected chi connectivity index (χ3v) is 4.69. The largest absolute Gasteiger partial charge is 0.346 e. The van der Waals surface area contributed by atoms with Gasteiger partial charge in [0.2, 0.25) is 0 Å². The maximum Gasteiger partial charge on any atom is 0.186 e. The van der Waals surface area contributed by atoms with Crippen LogP contribution in [0.25, 0.3) is 0 Å². The van der Waals surface area contributed by atoms with E-state index >= 15 is 0 Å². The Morgan fingerprint density at radius 3 is 2.61 bits per heavy atom. The number of aldehydes is 1. The first kappa shape index (κ1) is 13.5. The molecule has 18 heavy (non-hydrogen) atoms. The van der Waals surface area contributed by atoms with Crippen LogP contribution in [0.5, 0.6) is 0 Å². The van der Waals surface area contributed by atoms with Gasteiger partial charge >= 0.3 is 0 Å². The van der Waals surface area contributed by atoms with Gasteiger partial charge < -0.3 is 9.80 Å². The van der Waals surface area contributed by atoms with Gasteiger partial charge in [0.05, 0.1) is 10.6 Å². The van der Waals surface area contributed by atoms with Gasteiger partial charge in [0.1, 0.15) is 0 Å². The number of hydrogen-bond acceptors (Lipinski definition) is 5. The zero-order valence-corrected chi connectivity index (χ0v) is 12.2. The van der Waals surface area contributed by atoms with E-state index < -0.39 is 0 Å². The van der Waals surface area contributed by atoms with Crippen molar-refractivity contribution in [1.29, 1.82) is 0 Å². The minimum atomic E-state index is 0.364. The average molecular weight is 267 g/mol. The molecule has 0 radical (unpaired) electrons. The molecule has 0 bridgehead atoms. The lowest BCUT2D eigenvalue weighted by Crippen LogP contribution is -2.44. The molecule has 0 aliphatic carbocycles. The standard InChI is InChI=1S/C13H21N3OS/c1-4-10(2)12-11(9-17)18-13(14-12)16-7-5-15(3)6-8-16/h9-10H,4-8H2,1-3H3. The fourth-order valence-electron chi connectivity index (χ4n) is 2.10. The number of rotatable bonds is 4. The SMILES string of the molecule is CCC(C)c1nc(N2CCN(C)CC2)sc1C=O. The van der Waals surface area contributed by atoms with Gasteiger partial charge in [-0.2, -0.15) is 0 Å². The van der Waals surface area contributed by atoms with Crippen molar-refractivity contribution in [3.05, 3.63) is 10.6 Å². The first-order valence-corrected chi connectivity index (χ1v) is 7.36. The Bertz CT molecular complexity index is 410. The minimum absolute atomic E-state index is 0.364. The zero-order valence-electron chi connectivity index (χ0n) is 11.3. The monoisotopic (exact) mass is 267 g/mol. The van der Waals surface area contributed by atoms with Crippen molar-refractivity contribution in [3.8, 4) is 0 Å². The molecule has 0 saturated carbocycles. The molecule has 0 N–H and O–H groups in total. The van der Waals surface area contributed by atoms with Gasteiger partial charge in [-0.05, 0) is 19.4 Å². The molecule has 1 fully saturated rings. The van der Waals surface area contributed by atoms with Crippen LogP contribution >= 0.6 is 11.3 Å². The Kier molecular flexibility index (Phi) is 4.35. The topological polar surface area (TPSA) is 36.4 Å². The first-order chi connectivity index (χ1) is 8.65. The summed E-state index contributed by atoms with van der Waals surface area (Å²) in [4.78, 5) is 21.3. The number of hydrogen-bond donors (Lipinski definition) is 0. The molecule has 0 aromatic carbocycles. The highest BCUT2D eigenvalue weighted by molar-refractivity contribution is 7.17. The number of likely N-dealkylation sites (N-methyl/N-ethyl adjacent to an activating group) is 1. The highest BCUT2D eigenvalue weighted by atomic mass is 32.1. The Labute approximate surface area is 113 Å². The van der Waals surface area contributed by atoms with E-state index in [0.717, 1.165) is 54.6 Å². The van der Waals surface area contributed by atoms with Crippen molar-refractivity contribution >= 4 is 22.8 Å². The van der Waals surface area contributed by atoms with Crippen molar-refractivity contribution in [2.45, 2.75) is 26.2 Å². The van der Waals surface area contributed by atoms with E-state index in [4.69, 9.17) is 4.98 Å². The van der Waals surface area contributed by atoms with E-state index in [9.17, 15) is 4.79 Å². The van der Waals surface area contributed by atoms with E-state index in [1.54, 1.807) is 0 Å². The normalized spacial score (nSPS) is 18.9. The number of anilines is 1. The first-order valence-electron chi connectivity index (χ1n) is 6.55. The van der Waals surface area contributed by atoms with Gasteiger partial charge in [-0.25, -0.2) is 4.98 Å². The smallest absolute Gasteiger partial charge is 0.186 e. The van der Waals surface area contributed by atoms with Crippen LogP contribution in [0.3, 0.4) is 0 Å². The predicted molar refractivity (Wildman–Crippen MR) is 75.9 cm³/mol. The van der Waals surface area contributed by atoms with Crippen molar-refractivity contribution in [1.82, 2.24) is 9.88 Å². The van der Waals surface area contributed by atoms with Crippen LogP contribution in [0.4, 0.5) is 5.13 Å². The summed E-state index contributed by atoms with van der Waals surface area (Å²) in [6, 6.07) is 0. The number of carbonyl (C=O) groups is 1. The lowest BCUT2D eigenvalue weighted by atomic mass is 10.0. The van der Waals surface area contributed by atoms with Crippen molar-refractivity contribution in [2.75, 3.05) is 38.1 Å². The van der Waals surface area contributed by atoms with Gasteiger partial charge in [-0.15, -0.1) is 0 Å². The van der Waals surface area contributed by atoms with E-state index in [-0.39, 0.29) is 0 Å². The van der Waals surface area contributed by atoms with Crippen LogP contribution in [0.1, 0.15) is 41.6 Å². The van der Waals surface area contributed by atoms with Crippen LogP contribution in [0, 0.1) is 0 Å². The van der Waals surface area contributed by atoms with E-state index in [0.29, 0.717) is 5.92 Å². The lowest BCUT2D eigenvalue weighted by molar-refractivity contribution is 0.112. The second kappa shape index (κ2) is 5.80. The fraction of sp³-hybridized carbons (Fsp3) is 0.692. The Balaban J connectivity index is 2.19. The molecular formula is C13H21N3OS. The van der Waals surface area contributed by atoms with Crippen molar-refractivity contribution < 1.29 is 4.79 Å². The molecule has 4 nitrogen and oxygen atoms in total. The summed E-state index contributed by atoms with van der Waals surface area (Å²) in [6.07, 6.45) is 1.98. The second-order valence-corrected chi connectivity index (χ2v) is 5.97. The van der Waals surface area contributed by atoms with Crippen LogP contribution < -0.4 is 4.90 Å². The summed E-state index contributed by atoms with van der Waals surface area (Å²) in [7, 11) is 2.14. The maximum atomic E-state index is 11.1. The van der Waals surface area contributed by atoms with Crippen LogP contribution in [0.15, 0.2) is 0 Å². The Morgan fingerprint density at radius 2 is 2.06 bits per heavy atom. The van der Waals surface area contributed by atoms with Gasteiger partial charge in [-0.3, -0.25) is 4.79 Å². The summed E-state index contributed by atoms with van der Waals surface area (Å²) in [6.45, 7) is 8.40. The molecular weight excluding hydrogens is 246 g/mol. The molecule has 1 atom stereocenters. The molecule has 1 aliphatic rings. The highest BCUT2D eigenvalue weighted by Crippen LogP contribution is 2.31.